The van der Waals surface area contributed by atoms with Gasteiger partial charge in [0.25, 0.3) is 0 Å². The summed E-state index contributed by atoms with van der Waals surface area (Å²) >= 11 is 1.79. The van der Waals surface area contributed by atoms with Gasteiger partial charge in [-0.25, -0.2) is 0 Å². The zero-order valence-corrected chi connectivity index (χ0v) is 15.0. The Kier molecular flexibility index (Phi) is 5.65. The smallest absolute Gasteiger partial charge is 0.240 e. The van der Waals surface area contributed by atoms with E-state index < -0.39 is 0 Å². The molecule has 3 heterocycles. The van der Waals surface area contributed by atoms with Gasteiger partial charge in [-0.1, -0.05) is 0 Å². The van der Waals surface area contributed by atoms with Crippen molar-refractivity contribution in [2.45, 2.75) is 25.8 Å². The summed E-state index contributed by atoms with van der Waals surface area (Å²) in [6.07, 6.45) is 1.24. The Morgan fingerprint density at radius 3 is 2.38 bits per heavy atom. The third-order valence-electron chi connectivity index (χ3n) is 5.13. The number of carbonyl (C=O) groups is 3. The molecule has 0 aromatic rings. The van der Waals surface area contributed by atoms with E-state index in [0.29, 0.717) is 32.6 Å². The Hall–Kier alpha value is -1.28. The topological polar surface area (TPSA) is 73.0 Å². The van der Waals surface area contributed by atoms with Gasteiger partial charge in [0.05, 0.1) is 11.9 Å². The van der Waals surface area contributed by atoms with Crippen LogP contribution < -0.4 is 5.32 Å². The van der Waals surface area contributed by atoms with Gasteiger partial charge >= 0.3 is 0 Å². The molecule has 0 aliphatic carbocycles. The number of piperazine rings is 1. The van der Waals surface area contributed by atoms with E-state index in [1.54, 1.807) is 23.6 Å². The second kappa shape index (κ2) is 7.74. The van der Waals surface area contributed by atoms with Crippen LogP contribution in [-0.4, -0.2) is 89.4 Å². The van der Waals surface area contributed by atoms with Crippen molar-refractivity contribution in [2.75, 3.05) is 50.9 Å². The lowest BCUT2D eigenvalue weighted by Crippen LogP contribution is -2.50. The fraction of sp³-hybridized carbons (Fsp3) is 0.812. The predicted octanol–water partition coefficient (Wildman–Crippen LogP) is -0.422. The van der Waals surface area contributed by atoms with Gasteiger partial charge in [0.2, 0.25) is 17.7 Å². The fourth-order valence-electron chi connectivity index (χ4n) is 3.61. The molecule has 0 saturated carbocycles. The minimum absolute atomic E-state index is 0.0727. The van der Waals surface area contributed by atoms with Crippen LogP contribution in [0.5, 0.6) is 0 Å². The summed E-state index contributed by atoms with van der Waals surface area (Å²) in [5.41, 5.74) is 0. The van der Waals surface area contributed by atoms with Gasteiger partial charge in [-0.2, -0.15) is 0 Å². The maximum atomic E-state index is 12.5. The molecular formula is C16H26N4O3S. The first-order valence-electron chi connectivity index (χ1n) is 8.68. The average Bonchev–Trinajstić information content (AvgIpc) is 3.26. The van der Waals surface area contributed by atoms with Crippen LogP contribution in [0, 0.1) is 5.92 Å². The van der Waals surface area contributed by atoms with Crippen LogP contribution in [0.25, 0.3) is 0 Å². The lowest BCUT2D eigenvalue weighted by atomic mass is 10.00. The quantitative estimate of drug-likeness (QED) is 0.745. The summed E-state index contributed by atoms with van der Waals surface area (Å²) in [5, 5.41) is 3.29. The predicted molar refractivity (Wildman–Crippen MR) is 92.4 cm³/mol. The van der Waals surface area contributed by atoms with E-state index in [4.69, 9.17) is 0 Å². The Balaban J connectivity index is 1.43. The van der Waals surface area contributed by atoms with Crippen molar-refractivity contribution in [2.24, 2.45) is 5.92 Å². The molecule has 1 N–H and O–H groups in total. The third-order valence-corrected chi connectivity index (χ3v) is 6.09. The zero-order valence-electron chi connectivity index (χ0n) is 14.2. The van der Waals surface area contributed by atoms with Crippen LogP contribution in [-0.2, 0) is 14.4 Å². The molecule has 3 fully saturated rings. The van der Waals surface area contributed by atoms with Gasteiger partial charge in [0.15, 0.2) is 0 Å². The number of hydrogen-bond donors (Lipinski definition) is 1. The van der Waals surface area contributed by atoms with E-state index >= 15 is 0 Å². The maximum absolute atomic E-state index is 12.5. The standard InChI is InChI=1S/C16H26N4O3S/c1-12(21)18-2-4-19(5-3-18)15(22)9-13-8-14(17-10-13)16(23)20-6-7-24-11-20/h13-14,17H,2-11H2,1H3/t13?,14-/m0/s1. The molecule has 0 radical (unpaired) electrons. The molecule has 0 aromatic heterocycles. The number of amides is 3. The van der Waals surface area contributed by atoms with Crippen molar-refractivity contribution in [3.8, 4) is 0 Å². The summed E-state index contributed by atoms with van der Waals surface area (Å²) in [7, 11) is 0. The van der Waals surface area contributed by atoms with E-state index in [2.05, 4.69) is 5.32 Å². The monoisotopic (exact) mass is 354 g/mol. The summed E-state index contributed by atoms with van der Waals surface area (Å²) in [6.45, 7) is 5.62. The molecule has 3 aliphatic heterocycles. The van der Waals surface area contributed by atoms with Gasteiger partial charge in [0, 0.05) is 51.8 Å². The third kappa shape index (κ3) is 4.03. The molecule has 3 aliphatic rings. The van der Waals surface area contributed by atoms with Crippen molar-refractivity contribution < 1.29 is 14.4 Å². The molecule has 2 atom stereocenters. The van der Waals surface area contributed by atoms with E-state index in [1.165, 1.54) is 0 Å². The maximum Gasteiger partial charge on any atom is 0.240 e. The number of nitrogens with one attached hydrogen (secondary N) is 1. The van der Waals surface area contributed by atoms with Crippen LogP contribution in [0.1, 0.15) is 19.8 Å². The van der Waals surface area contributed by atoms with Crippen molar-refractivity contribution in [1.29, 1.82) is 0 Å². The van der Waals surface area contributed by atoms with Gasteiger partial charge in [-0.15, -0.1) is 11.8 Å². The molecule has 7 nitrogen and oxygen atoms in total. The number of thioether (sulfide) groups is 1. The Morgan fingerprint density at radius 1 is 1.04 bits per heavy atom. The molecule has 24 heavy (non-hydrogen) atoms. The second-order valence-electron chi connectivity index (χ2n) is 6.79. The molecule has 0 bridgehead atoms. The summed E-state index contributed by atoms with van der Waals surface area (Å²) in [5.74, 6) is 2.45. The first-order chi connectivity index (χ1) is 11.5. The first kappa shape index (κ1) is 17.5. The first-order valence-corrected chi connectivity index (χ1v) is 9.83. The lowest BCUT2D eigenvalue weighted by Gasteiger charge is -2.34. The van der Waals surface area contributed by atoms with Crippen LogP contribution in [0.3, 0.4) is 0 Å². The average molecular weight is 354 g/mol. The highest BCUT2D eigenvalue weighted by atomic mass is 32.2. The van der Waals surface area contributed by atoms with Crippen molar-refractivity contribution >= 4 is 29.5 Å². The normalized spacial score (nSPS) is 27.6. The SMILES string of the molecule is CC(=O)N1CCN(C(=O)CC2CN[C@H](C(=O)N3CCSC3)C2)CC1. The second-order valence-corrected chi connectivity index (χ2v) is 7.87. The van der Waals surface area contributed by atoms with Crippen molar-refractivity contribution in [3.05, 3.63) is 0 Å². The van der Waals surface area contributed by atoms with Crippen molar-refractivity contribution in [3.63, 3.8) is 0 Å². The Bertz CT molecular complexity index is 502. The van der Waals surface area contributed by atoms with E-state index in [1.807, 2.05) is 9.80 Å². The molecule has 3 rings (SSSR count). The molecule has 3 saturated heterocycles. The highest BCUT2D eigenvalue weighted by Crippen LogP contribution is 2.23. The van der Waals surface area contributed by atoms with E-state index in [-0.39, 0.29) is 29.7 Å². The van der Waals surface area contributed by atoms with Crippen molar-refractivity contribution in [1.82, 2.24) is 20.0 Å². The summed E-state index contributed by atoms with van der Waals surface area (Å²) < 4.78 is 0. The highest BCUT2D eigenvalue weighted by molar-refractivity contribution is 7.99. The molecular weight excluding hydrogens is 328 g/mol. The van der Waals surface area contributed by atoms with E-state index in [9.17, 15) is 14.4 Å². The number of nitrogens with zero attached hydrogens (tertiary/aromatic N) is 3. The van der Waals surface area contributed by atoms with Crippen LogP contribution in [0.15, 0.2) is 0 Å². The minimum Gasteiger partial charge on any atom is -0.339 e. The highest BCUT2D eigenvalue weighted by Gasteiger charge is 2.35. The van der Waals surface area contributed by atoms with Crippen LogP contribution in [0.4, 0.5) is 0 Å². The Morgan fingerprint density at radius 2 is 1.75 bits per heavy atom. The van der Waals surface area contributed by atoms with Crippen LogP contribution in [0.2, 0.25) is 0 Å². The molecule has 0 aromatic carbocycles. The van der Waals surface area contributed by atoms with E-state index in [0.717, 1.165) is 31.1 Å². The Labute approximate surface area is 147 Å². The van der Waals surface area contributed by atoms with Gasteiger partial charge in [-0.3, -0.25) is 14.4 Å². The lowest BCUT2D eigenvalue weighted by molar-refractivity contribution is -0.139. The molecule has 8 heteroatoms. The number of rotatable bonds is 3. The molecule has 1 unspecified atom stereocenters. The number of carbonyl (C=O) groups excluding carboxylic acids is 3. The van der Waals surface area contributed by atoms with Gasteiger partial charge in [0.1, 0.15) is 0 Å². The summed E-state index contributed by atoms with van der Waals surface area (Å²) in [4.78, 5) is 41.7. The fourth-order valence-corrected chi connectivity index (χ4v) is 4.56. The molecule has 0 spiro atoms. The largest absolute Gasteiger partial charge is 0.339 e. The molecule has 3 amide bonds. The zero-order chi connectivity index (χ0) is 17.1. The van der Waals surface area contributed by atoms with Gasteiger partial charge < -0.3 is 20.0 Å². The van der Waals surface area contributed by atoms with Crippen LogP contribution >= 0.6 is 11.8 Å². The molecule has 134 valence electrons. The van der Waals surface area contributed by atoms with Gasteiger partial charge in [-0.05, 0) is 18.9 Å². The minimum atomic E-state index is -0.129. The number of hydrogen-bond acceptors (Lipinski definition) is 5. The summed E-state index contributed by atoms with van der Waals surface area (Å²) in [6, 6.07) is -0.129.